The molecule has 0 atom stereocenters. The fourth-order valence-electron chi connectivity index (χ4n) is 4.57. The second kappa shape index (κ2) is 6.76. The van der Waals surface area contributed by atoms with Gasteiger partial charge in [0.25, 0.3) is 5.91 Å². The number of likely N-dealkylation sites (tertiary alicyclic amines) is 1. The Balaban J connectivity index is 1.30. The summed E-state index contributed by atoms with van der Waals surface area (Å²) in [4.78, 5) is 19.4. The number of aromatic nitrogens is 3. The Bertz CT molecular complexity index is 1020. The van der Waals surface area contributed by atoms with E-state index in [2.05, 4.69) is 23.1 Å². The first-order valence-corrected chi connectivity index (χ1v) is 10.3. The van der Waals surface area contributed by atoms with Gasteiger partial charge in [0.1, 0.15) is 5.52 Å². The maximum Gasteiger partial charge on any atom is 0.254 e. The molecule has 2 fully saturated rings. The van der Waals surface area contributed by atoms with Crippen LogP contribution in [0.15, 0.2) is 28.7 Å². The lowest BCUT2D eigenvalue weighted by atomic mass is 9.89. The second-order valence-corrected chi connectivity index (χ2v) is 8.31. The first-order chi connectivity index (χ1) is 13.6. The number of hydrogen-bond donors (Lipinski definition) is 0. The summed E-state index contributed by atoms with van der Waals surface area (Å²) < 4.78 is 8.08. The highest BCUT2D eigenvalue weighted by molar-refractivity contribution is 5.97. The average Bonchev–Trinajstić information content (AvgIpc) is 3.23. The molecule has 0 spiro atoms. The lowest BCUT2D eigenvalue weighted by Gasteiger charge is -2.39. The third-order valence-electron chi connectivity index (χ3n) is 6.15. The molecule has 146 valence electrons. The summed E-state index contributed by atoms with van der Waals surface area (Å²) in [6, 6.07) is 7.98. The van der Waals surface area contributed by atoms with E-state index in [0.29, 0.717) is 24.6 Å². The van der Waals surface area contributed by atoms with Crippen LogP contribution in [0.1, 0.15) is 71.7 Å². The predicted molar refractivity (Wildman–Crippen MR) is 106 cm³/mol. The first kappa shape index (κ1) is 17.5. The monoisotopic (exact) mass is 378 g/mol. The molecule has 1 aliphatic heterocycles. The Hall–Kier alpha value is -2.63. The lowest BCUT2D eigenvalue weighted by Crippen LogP contribution is -2.51. The highest BCUT2D eigenvalue weighted by atomic mass is 16.3. The number of amides is 1. The van der Waals surface area contributed by atoms with Crippen molar-refractivity contribution in [1.82, 2.24) is 19.7 Å². The van der Waals surface area contributed by atoms with Gasteiger partial charge in [-0.1, -0.05) is 19.3 Å². The molecule has 3 aromatic rings. The zero-order chi connectivity index (χ0) is 19.3. The summed E-state index contributed by atoms with van der Waals surface area (Å²) in [6.07, 6.45) is 6.11. The summed E-state index contributed by atoms with van der Waals surface area (Å²) in [5.74, 6) is 1.32. The molecule has 28 heavy (non-hydrogen) atoms. The van der Waals surface area contributed by atoms with Crippen LogP contribution < -0.4 is 0 Å². The first-order valence-electron chi connectivity index (χ1n) is 10.3. The molecule has 1 saturated carbocycles. The van der Waals surface area contributed by atoms with Crippen molar-refractivity contribution in [3.63, 3.8) is 0 Å². The average molecular weight is 378 g/mol. The van der Waals surface area contributed by atoms with Gasteiger partial charge in [-0.15, -0.1) is 0 Å². The van der Waals surface area contributed by atoms with Gasteiger partial charge in [0.05, 0.1) is 11.7 Å². The van der Waals surface area contributed by atoms with Gasteiger partial charge in [0, 0.05) is 30.3 Å². The zero-order valence-corrected chi connectivity index (χ0v) is 16.5. The van der Waals surface area contributed by atoms with Crippen LogP contribution >= 0.6 is 0 Å². The molecule has 1 aromatic carbocycles. The van der Waals surface area contributed by atoms with E-state index in [1.165, 1.54) is 19.3 Å². The van der Waals surface area contributed by atoms with Crippen molar-refractivity contribution in [2.24, 2.45) is 0 Å². The van der Waals surface area contributed by atoms with Crippen LogP contribution in [0.3, 0.4) is 0 Å². The Morgan fingerprint density at radius 3 is 2.61 bits per heavy atom. The minimum Gasteiger partial charge on any atom is -0.440 e. The lowest BCUT2D eigenvalue weighted by molar-refractivity contribution is 0.0497. The molecule has 3 heterocycles. The highest BCUT2D eigenvalue weighted by Crippen LogP contribution is 2.34. The van der Waals surface area contributed by atoms with Crippen molar-refractivity contribution in [3.05, 3.63) is 47.1 Å². The topological polar surface area (TPSA) is 64.2 Å². The van der Waals surface area contributed by atoms with Crippen LogP contribution in [0.5, 0.6) is 0 Å². The largest absolute Gasteiger partial charge is 0.440 e. The molecular formula is C22H26N4O2. The molecule has 1 aliphatic carbocycles. The quantitative estimate of drug-likeness (QED) is 0.678. The summed E-state index contributed by atoms with van der Waals surface area (Å²) in [7, 11) is 0. The number of hydrogen-bond acceptors (Lipinski definition) is 4. The standard InChI is InChI=1S/C22H26N4O2/c1-14-10-15(2)26(24-14)18-12-25(13-18)22(27)17-8-9-19-20(11-17)28-21(23-19)16-6-4-3-5-7-16/h8-11,16,18H,3-7,12-13H2,1-2H3. The van der Waals surface area contributed by atoms with Gasteiger partial charge < -0.3 is 9.32 Å². The van der Waals surface area contributed by atoms with E-state index in [1.807, 2.05) is 34.7 Å². The highest BCUT2D eigenvalue weighted by Gasteiger charge is 2.34. The fourth-order valence-corrected chi connectivity index (χ4v) is 4.57. The van der Waals surface area contributed by atoms with Gasteiger partial charge in [0.2, 0.25) is 0 Å². The van der Waals surface area contributed by atoms with E-state index in [1.54, 1.807) is 0 Å². The summed E-state index contributed by atoms with van der Waals surface area (Å²) in [5.41, 5.74) is 4.41. The van der Waals surface area contributed by atoms with Crippen LogP contribution in [0.4, 0.5) is 0 Å². The second-order valence-electron chi connectivity index (χ2n) is 8.31. The van der Waals surface area contributed by atoms with Gasteiger partial charge in [-0.25, -0.2) is 4.98 Å². The molecule has 2 aliphatic rings. The van der Waals surface area contributed by atoms with Gasteiger partial charge in [0.15, 0.2) is 11.5 Å². The number of oxazole rings is 1. The molecule has 2 aromatic heterocycles. The van der Waals surface area contributed by atoms with E-state index >= 15 is 0 Å². The fraction of sp³-hybridized carbons (Fsp3) is 0.500. The molecule has 0 radical (unpaired) electrons. The number of aryl methyl sites for hydroxylation is 2. The Labute approximate surface area is 164 Å². The normalized spacial score (nSPS) is 18.6. The molecule has 1 saturated heterocycles. The number of carbonyl (C=O) groups excluding carboxylic acids is 1. The minimum absolute atomic E-state index is 0.0512. The third-order valence-corrected chi connectivity index (χ3v) is 6.15. The number of fused-ring (bicyclic) bond motifs is 1. The van der Waals surface area contributed by atoms with Crippen molar-refractivity contribution in [2.75, 3.05) is 13.1 Å². The maximum atomic E-state index is 12.9. The Morgan fingerprint density at radius 2 is 1.89 bits per heavy atom. The van der Waals surface area contributed by atoms with E-state index in [9.17, 15) is 4.79 Å². The summed E-state index contributed by atoms with van der Waals surface area (Å²) >= 11 is 0. The molecule has 6 nitrogen and oxygen atoms in total. The van der Waals surface area contributed by atoms with Crippen molar-refractivity contribution in [3.8, 4) is 0 Å². The number of nitrogens with zero attached hydrogens (tertiary/aromatic N) is 4. The van der Waals surface area contributed by atoms with E-state index in [4.69, 9.17) is 4.42 Å². The van der Waals surface area contributed by atoms with E-state index in [0.717, 1.165) is 41.2 Å². The number of benzene rings is 1. The van der Waals surface area contributed by atoms with Gasteiger partial charge in [-0.2, -0.15) is 5.10 Å². The maximum absolute atomic E-state index is 12.9. The number of carbonyl (C=O) groups is 1. The number of rotatable bonds is 3. The molecule has 6 heteroatoms. The third kappa shape index (κ3) is 3.01. The van der Waals surface area contributed by atoms with Crippen LogP contribution in [-0.4, -0.2) is 38.7 Å². The van der Waals surface area contributed by atoms with Gasteiger partial charge in [-0.3, -0.25) is 9.48 Å². The van der Waals surface area contributed by atoms with Crippen molar-refractivity contribution in [1.29, 1.82) is 0 Å². The molecule has 5 rings (SSSR count). The Kier molecular flexibility index (Phi) is 4.22. The van der Waals surface area contributed by atoms with E-state index in [-0.39, 0.29) is 11.9 Å². The van der Waals surface area contributed by atoms with Crippen molar-refractivity contribution >= 4 is 17.0 Å². The molecule has 0 N–H and O–H groups in total. The zero-order valence-electron chi connectivity index (χ0n) is 16.5. The molecule has 0 unspecified atom stereocenters. The minimum atomic E-state index is 0.0512. The molecular weight excluding hydrogens is 352 g/mol. The summed E-state index contributed by atoms with van der Waals surface area (Å²) in [5, 5.41) is 4.54. The Morgan fingerprint density at radius 1 is 1.11 bits per heavy atom. The van der Waals surface area contributed by atoms with Crippen LogP contribution in [-0.2, 0) is 0 Å². The summed E-state index contributed by atoms with van der Waals surface area (Å²) in [6.45, 7) is 5.45. The van der Waals surface area contributed by atoms with Crippen LogP contribution in [0, 0.1) is 13.8 Å². The van der Waals surface area contributed by atoms with Crippen molar-refractivity contribution in [2.45, 2.75) is 57.9 Å². The van der Waals surface area contributed by atoms with Crippen molar-refractivity contribution < 1.29 is 9.21 Å². The van der Waals surface area contributed by atoms with Gasteiger partial charge >= 0.3 is 0 Å². The molecule has 0 bridgehead atoms. The van der Waals surface area contributed by atoms with Crippen LogP contribution in [0.2, 0.25) is 0 Å². The molecule has 1 amide bonds. The van der Waals surface area contributed by atoms with E-state index < -0.39 is 0 Å². The SMILES string of the molecule is Cc1cc(C)n(C2CN(C(=O)c3ccc4nc(C5CCCCC5)oc4c3)C2)n1. The van der Waals surface area contributed by atoms with Crippen LogP contribution in [0.25, 0.3) is 11.1 Å². The predicted octanol–water partition coefficient (Wildman–Crippen LogP) is 4.39. The smallest absolute Gasteiger partial charge is 0.254 e. The van der Waals surface area contributed by atoms with Gasteiger partial charge in [-0.05, 0) is 51.0 Å².